The molecule has 0 aliphatic heterocycles. The Kier molecular flexibility index (Phi) is 5.38. The first kappa shape index (κ1) is 14.3. The van der Waals surface area contributed by atoms with E-state index in [9.17, 15) is 4.79 Å². The molecule has 0 spiro atoms. The number of carbonyl (C=O) groups excluding carboxylic acids is 1. The molecule has 0 aliphatic rings. The lowest BCUT2D eigenvalue weighted by atomic mass is 10.2. The highest BCUT2D eigenvalue weighted by Gasteiger charge is 1.97. The molecule has 20 heavy (non-hydrogen) atoms. The van der Waals surface area contributed by atoms with E-state index in [1.54, 1.807) is 24.3 Å². The topological polar surface area (TPSA) is 39.4 Å². The molecule has 4 heteroatoms. The van der Waals surface area contributed by atoms with Crippen molar-refractivity contribution in [2.75, 3.05) is 6.61 Å². The van der Waals surface area contributed by atoms with Gasteiger partial charge in [-0.05, 0) is 45.8 Å². The van der Waals surface area contributed by atoms with Crippen LogP contribution in [0.15, 0.2) is 63.7 Å². The summed E-state index contributed by atoms with van der Waals surface area (Å²) >= 11 is 3.19. The molecule has 0 saturated carbocycles. The predicted molar refractivity (Wildman–Crippen MR) is 81.9 cm³/mol. The lowest BCUT2D eigenvalue weighted by molar-refractivity contribution is -0.136. The van der Waals surface area contributed by atoms with E-state index in [2.05, 4.69) is 15.9 Å². The maximum absolute atomic E-state index is 11.4. The number of hydrogen-bond acceptors (Lipinski definition) is 3. The van der Waals surface area contributed by atoms with E-state index in [0.29, 0.717) is 10.4 Å². The van der Waals surface area contributed by atoms with Crippen LogP contribution >= 0.6 is 15.9 Å². The van der Waals surface area contributed by atoms with E-state index in [1.165, 1.54) is 6.08 Å². The standard InChI is InChI=1S/C16H13BrO3/c17-15-10-8-14(20-15)9-11-16(18)19-12-4-7-13-5-2-1-3-6-13/h1-11H,12H2/b7-4+,11-9+. The third kappa shape index (κ3) is 4.90. The monoisotopic (exact) mass is 332 g/mol. The summed E-state index contributed by atoms with van der Waals surface area (Å²) in [6, 6.07) is 13.3. The molecular formula is C16H13BrO3. The van der Waals surface area contributed by atoms with Crippen molar-refractivity contribution in [1.29, 1.82) is 0 Å². The molecule has 2 rings (SSSR count). The summed E-state index contributed by atoms with van der Waals surface area (Å²) in [6.07, 6.45) is 6.60. The zero-order valence-electron chi connectivity index (χ0n) is 10.7. The highest BCUT2D eigenvalue weighted by molar-refractivity contribution is 9.10. The van der Waals surface area contributed by atoms with Crippen molar-refractivity contribution in [2.45, 2.75) is 0 Å². The lowest BCUT2D eigenvalue weighted by Crippen LogP contribution is -1.99. The summed E-state index contributed by atoms with van der Waals surface area (Å²) in [5, 5.41) is 0. The quantitative estimate of drug-likeness (QED) is 0.605. The summed E-state index contributed by atoms with van der Waals surface area (Å²) < 4.78 is 10.9. The fourth-order valence-corrected chi connectivity index (χ4v) is 1.81. The van der Waals surface area contributed by atoms with Gasteiger partial charge >= 0.3 is 5.97 Å². The van der Waals surface area contributed by atoms with Crippen LogP contribution in [0.1, 0.15) is 11.3 Å². The summed E-state index contributed by atoms with van der Waals surface area (Å²) in [4.78, 5) is 11.4. The Bertz CT molecular complexity index is 612. The van der Waals surface area contributed by atoms with Gasteiger partial charge in [0.25, 0.3) is 0 Å². The van der Waals surface area contributed by atoms with Crippen LogP contribution in [-0.4, -0.2) is 12.6 Å². The third-order valence-electron chi connectivity index (χ3n) is 2.41. The number of benzene rings is 1. The maximum Gasteiger partial charge on any atom is 0.331 e. The van der Waals surface area contributed by atoms with Gasteiger partial charge in [-0.3, -0.25) is 0 Å². The van der Waals surface area contributed by atoms with Crippen LogP contribution in [0, 0.1) is 0 Å². The molecule has 1 heterocycles. The van der Waals surface area contributed by atoms with Crippen molar-refractivity contribution >= 4 is 34.1 Å². The molecule has 0 saturated heterocycles. The van der Waals surface area contributed by atoms with E-state index >= 15 is 0 Å². The Balaban J connectivity index is 1.75. The van der Waals surface area contributed by atoms with E-state index in [1.807, 2.05) is 36.4 Å². The summed E-state index contributed by atoms with van der Waals surface area (Å²) in [7, 11) is 0. The number of halogens is 1. The van der Waals surface area contributed by atoms with Gasteiger partial charge in [0, 0.05) is 6.08 Å². The highest BCUT2D eigenvalue weighted by Crippen LogP contribution is 2.14. The van der Waals surface area contributed by atoms with E-state index in [0.717, 1.165) is 5.56 Å². The fraction of sp³-hybridized carbons (Fsp3) is 0.0625. The number of esters is 1. The smallest absolute Gasteiger partial charge is 0.331 e. The molecule has 0 aliphatic carbocycles. The first-order chi connectivity index (χ1) is 9.74. The molecule has 1 aromatic heterocycles. The van der Waals surface area contributed by atoms with Crippen LogP contribution in [0.4, 0.5) is 0 Å². The van der Waals surface area contributed by atoms with Crippen LogP contribution in [-0.2, 0) is 9.53 Å². The SMILES string of the molecule is O=C(/C=C/c1ccc(Br)o1)OC/C=C/c1ccccc1. The molecule has 2 aromatic rings. The summed E-state index contributed by atoms with van der Waals surface area (Å²) in [5.74, 6) is 0.184. The van der Waals surface area contributed by atoms with Gasteiger partial charge in [-0.1, -0.05) is 36.4 Å². The Labute approximate surface area is 125 Å². The van der Waals surface area contributed by atoms with Gasteiger partial charge in [-0.25, -0.2) is 4.79 Å². The van der Waals surface area contributed by atoms with Crippen LogP contribution in [0.2, 0.25) is 0 Å². The molecule has 3 nitrogen and oxygen atoms in total. The highest BCUT2D eigenvalue weighted by atomic mass is 79.9. The van der Waals surface area contributed by atoms with Crippen LogP contribution in [0.25, 0.3) is 12.2 Å². The van der Waals surface area contributed by atoms with Crippen molar-refractivity contribution < 1.29 is 13.9 Å². The minimum absolute atomic E-state index is 0.236. The van der Waals surface area contributed by atoms with Crippen molar-refractivity contribution in [2.24, 2.45) is 0 Å². The molecule has 0 fully saturated rings. The maximum atomic E-state index is 11.4. The van der Waals surface area contributed by atoms with Gasteiger partial charge in [-0.15, -0.1) is 0 Å². The van der Waals surface area contributed by atoms with Gasteiger partial charge in [-0.2, -0.15) is 0 Å². The Morgan fingerprint density at radius 3 is 2.65 bits per heavy atom. The molecular weight excluding hydrogens is 320 g/mol. The minimum Gasteiger partial charge on any atom is -0.458 e. The molecule has 102 valence electrons. The van der Waals surface area contributed by atoms with Gasteiger partial charge in [0.05, 0.1) is 0 Å². The molecule has 0 N–H and O–H groups in total. The normalized spacial score (nSPS) is 11.2. The zero-order valence-corrected chi connectivity index (χ0v) is 12.2. The average Bonchev–Trinajstić information content (AvgIpc) is 2.88. The molecule has 0 atom stereocenters. The molecule has 1 aromatic carbocycles. The predicted octanol–water partition coefficient (Wildman–Crippen LogP) is 4.31. The largest absolute Gasteiger partial charge is 0.458 e. The molecule has 0 amide bonds. The van der Waals surface area contributed by atoms with Crippen molar-refractivity contribution in [1.82, 2.24) is 0 Å². The number of ether oxygens (including phenoxy) is 1. The summed E-state index contributed by atoms with van der Waals surface area (Å²) in [6.45, 7) is 0.236. The van der Waals surface area contributed by atoms with Gasteiger partial charge < -0.3 is 9.15 Å². The molecule has 0 radical (unpaired) electrons. The van der Waals surface area contributed by atoms with Gasteiger partial charge in [0.15, 0.2) is 4.67 Å². The Hall–Kier alpha value is -2.07. The van der Waals surface area contributed by atoms with Crippen LogP contribution in [0.3, 0.4) is 0 Å². The van der Waals surface area contributed by atoms with Crippen molar-refractivity contribution in [3.63, 3.8) is 0 Å². The van der Waals surface area contributed by atoms with Crippen LogP contribution < -0.4 is 0 Å². The number of furan rings is 1. The summed E-state index contributed by atoms with van der Waals surface area (Å²) in [5.41, 5.74) is 1.07. The van der Waals surface area contributed by atoms with Crippen molar-refractivity contribution in [3.8, 4) is 0 Å². The Morgan fingerprint density at radius 2 is 1.95 bits per heavy atom. The lowest BCUT2D eigenvalue weighted by Gasteiger charge is -1.96. The second kappa shape index (κ2) is 7.50. The van der Waals surface area contributed by atoms with Gasteiger partial charge in [0.1, 0.15) is 12.4 Å². The first-order valence-electron chi connectivity index (χ1n) is 6.06. The second-order valence-electron chi connectivity index (χ2n) is 3.92. The number of hydrogen-bond donors (Lipinski definition) is 0. The zero-order chi connectivity index (χ0) is 14.2. The first-order valence-corrected chi connectivity index (χ1v) is 6.85. The molecule has 0 unspecified atom stereocenters. The average molecular weight is 333 g/mol. The van der Waals surface area contributed by atoms with E-state index < -0.39 is 5.97 Å². The van der Waals surface area contributed by atoms with Gasteiger partial charge in [0.2, 0.25) is 0 Å². The Morgan fingerprint density at radius 1 is 1.15 bits per heavy atom. The van der Waals surface area contributed by atoms with E-state index in [4.69, 9.17) is 9.15 Å². The van der Waals surface area contributed by atoms with E-state index in [-0.39, 0.29) is 6.61 Å². The third-order valence-corrected chi connectivity index (χ3v) is 2.84. The molecule has 0 bridgehead atoms. The van der Waals surface area contributed by atoms with Crippen LogP contribution in [0.5, 0.6) is 0 Å². The fourth-order valence-electron chi connectivity index (χ4n) is 1.49. The van der Waals surface area contributed by atoms with Crippen molar-refractivity contribution in [3.05, 3.63) is 70.6 Å². The minimum atomic E-state index is -0.407. The second-order valence-corrected chi connectivity index (χ2v) is 4.70. The number of rotatable bonds is 5. The number of carbonyl (C=O) groups is 1.